The lowest BCUT2D eigenvalue weighted by Crippen LogP contribution is -2.36. The Morgan fingerprint density at radius 1 is 1.20 bits per heavy atom. The average Bonchev–Trinajstić information content (AvgIpc) is 2.05. The van der Waals surface area contributed by atoms with Crippen molar-refractivity contribution < 1.29 is 4.74 Å². The molecular weight excluding hydrogens is 148 g/mol. The number of epoxide rings is 1. The van der Waals surface area contributed by atoms with Crippen LogP contribution in [0.3, 0.4) is 0 Å². The molecule has 0 saturated carbocycles. The first kappa shape index (κ1) is 8.35. The molecule has 1 heterocycles. The van der Waals surface area contributed by atoms with Gasteiger partial charge in [0.15, 0.2) is 0 Å². The maximum absolute atomic E-state index is 6.13. The van der Waals surface area contributed by atoms with Crippen LogP contribution in [0.4, 0.5) is 0 Å². The summed E-state index contributed by atoms with van der Waals surface area (Å²) in [6.07, 6.45) is 0. The first-order chi connectivity index (χ1) is 4.21. The van der Waals surface area contributed by atoms with E-state index in [1.54, 1.807) is 0 Å². The number of alkyl halides is 1. The summed E-state index contributed by atoms with van der Waals surface area (Å²) in [5, 5.41) is 0. The molecule has 1 aliphatic rings. The van der Waals surface area contributed by atoms with Crippen molar-refractivity contribution in [3.8, 4) is 0 Å². The molecule has 1 fully saturated rings. The molecule has 60 valence electrons. The van der Waals surface area contributed by atoms with E-state index in [0.29, 0.717) is 0 Å². The van der Waals surface area contributed by atoms with Gasteiger partial charge >= 0.3 is 0 Å². The van der Waals surface area contributed by atoms with Crippen LogP contribution >= 0.6 is 11.6 Å². The molecule has 0 radical (unpaired) electrons. The SMILES string of the molecule is CC(C)(Cl)C1(C)OC1(C)C. The van der Waals surface area contributed by atoms with Crippen molar-refractivity contribution >= 4 is 11.6 Å². The molecule has 1 unspecified atom stereocenters. The van der Waals surface area contributed by atoms with E-state index >= 15 is 0 Å². The zero-order valence-electron chi connectivity index (χ0n) is 7.29. The fraction of sp³-hybridized carbons (Fsp3) is 1.00. The van der Waals surface area contributed by atoms with Gasteiger partial charge in [-0.3, -0.25) is 0 Å². The predicted molar refractivity (Wildman–Crippen MR) is 43.5 cm³/mol. The van der Waals surface area contributed by atoms with Gasteiger partial charge in [-0.2, -0.15) is 0 Å². The smallest absolute Gasteiger partial charge is 0.113 e. The first-order valence-electron chi connectivity index (χ1n) is 3.60. The quantitative estimate of drug-likeness (QED) is 0.427. The molecule has 2 heteroatoms. The second-order valence-corrected chi connectivity index (χ2v) is 5.06. The van der Waals surface area contributed by atoms with Crippen LogP contribution in [0.1, 0.15) is 34.6 Å². The van der Waals surface area contributed by atoms with Gasteiger partial charge in [0.05, 0.1) is 10.5 Å². The van der Waals surface area contributed by atoms with Gasteiger partial charge in [0.1, 0.15) is 5.60 Å². The van der Waals surface area contributed by atoms with E-state index in [9.17, 15) is 0 Å². The Morgan fingerprint density at radius 2 is 1.50 bits per heavy atom. The summed E-state index contributed by atoms with van der Waals surface area (Å²) < 4.78 is 5.52. The zero-order valence-corrected chi connectivity index (χ0v) is 8.04. The topological polar surface area (TPSA) is 12.5 Å². The normalized spacial score (nSPS) is 37.8. The van der Waals surface area contributed by atoms with Crippen LogP contribution in [0.5, 0.6) is 0 Å². The van der Waals surface area contributed by atoms with Crippen LogP contribution in [0.15, 0.2) is 0 Å². The molecule has 1 aliphatic heterocycles. The molecule has 0 N–H and O–H groups in total. The summed E-state index contributed by atoms with van der Waals surface area (Å²) in [5.74, 6) is 0. The third-order valence-electron chi connectivity index (χ3n) is 2.70. The van der Waals surface area contributed by atoms with Crippen LogP contribution in [0.25, 0.3) is 0 Å². The number of hydrogen-bond donors (Lipinski definition) is 0. The first-order valence-corrected chi connectivity index (χ1v) is 3.98. The van der Waals surface area contributed by atoms with Crippen molar-refractivity contribution in [2.75, 3.05) is 0 Å². The lowest BCUT2D eigenvalue weighted by molar-refractivity contribution is 0.257. The summed E-state index contributed by atoms with van der Waals surface area (Å²) >= 11 is 6.13. The van der Waals surface area contributed by atoms with Gasteiger partial charge in [-0.15, -0.1) is 11.6 Å². The van der Waals surface area contributed by atoms with E-state index < -0.39 is 0 Å². The molecule has 10 heavy (non-hydrogen) atoms. The summed E-state index contributed by atoms with van der Waals surface area (Å²) in [7, 11) is 0. The molecule has 0 bridgehead atoms. The fourth-order valence-electron chi connectivity index (χ4n) is 1.32. The highest BCUT2D eigenvalue weighted by Crippen LogP contribution is 2.56. The number of hydrogen-bond acceptors (Lipinski definition) is 1. The zero-order chi connectivity index (χ0) is 8.21. The molecule has 1 saturated heterocycles. The summed E-state index contributed by atoms with van der Waals surface area (Å²) in [6, 6.07) is 0. The molecule has 0 aromatic heterocycles. The molecule has 0 aromatic carbocycles. The van der Waals surface area contributed by atoms with Gasteiger partial charge in [-0.25, -0.2) is 0 Å². The van der Waals surface area contributed by atoms with E-state index in [-0.39, 0.29) is 16.1 Å². The van der Waals surface area contributed by atoms with Crippen molar-refractivity contribution in [2.24, 2.45) is 0 Å². The summed E-state index contributed by atoms with van der Waals surface area (Å²) in [5.41, 5.74) is -0.195. The highest BCUT2D eigenvalue weighted by Gasteiger charge is 2.67. The van der Waals surface area contributed by atoms with Gasteiger partial charge in [-0.1, -0.05) is 0 Å². The Bertz CT molecular complexity index is 157. The second-order valence-electron chi connectivity index (χ2n) is 4.12. The third kappa shape index (κ3) is 0.876. The van der Waals surface area contributed by atoms with Gasteiger partial charge in [-0.05, 0) is 34.6 Å². The van der Waals surface area contributed by atoms with Crippen molar-refractivity contribution in [2.45, 2.75) is 50.7 Å². The Kier molecular flexibility index (Phi) is 1.42. The molecule has 1 atom stereocenters. The standard InChI is InChI=1S/C8H15ClO/c1-6(2,9)8(5)7(3,4)10-8/h1-5H3. The predicted octanol–water partition coefficient (Wildman–Crippen LogP) is 2.57. The highest BCUT2D eigenvalue weighted by molar-refractivity contribution is 6.24. The van der Waals surface area contributed by atoms with Crippen LogP contribution < -0.4 is 0 Å². The van der Waals surface area contributed by atoms with E-state index in [4.69, 9.17) is 16.3 Å². The Hall–Kier alpha value is 0.250. The van der Waals surface area contributed by atoms with Crippen LogP contribution in [0, 0.1) is 0 Å². The third-order valence-corrected chi connectivity index (χ3v) is 3.06. The maximum atomic E-state index is 6.13. The van der Waals surface area contributed by atoms with Crippen LogP contribution in [-0.2, 0) is 4.74 Å². The van der Waals surface area contributed by atoms with E-state index in [0.717, 1.165) is 0 Å². The van der Waals surface area contributed by atoms with Crippen molar-refractivity contribution in [1.82, 2.24) is 0 Å². The Labute approximate surface area is 67.7 Å². The number of halogens is 1. The minimum Gasteiger partial charge on any atom is -0.362 e. The highest BCUT2D eigenvalue weighted by atomic mass is 35.5. The largest absolute Gasteiger partial charge is 0.362 e. The monoisotopic (exact) mass is 162 g/mol. The van der Waals surface area contributed by atoms with Crippen molar-refractivity contribution in [3.05, 3.63) is 0 Å². The minimum absolute atomic E-state index is 0.0434. The summed E-state index contributed by atoms with van der Waals surface area (Å²) in [4.78, 5) is -0.267. The van der Waals surface area contributed by atoms with Crippen molar-refractivity contribution in [3.63, 3.8) is 0 Å². The molecule has 0 aromatic rings. The molecular formula is C8H15ClO. The second kappa shape index (κ2) is 1.70. The van der Waals surface area contributed by atoms with Gasteiger partial charge in [0.25, 0.3) is 0 Å². The number of rotatable bonds is 1. The minimum atomic E-state index is -0.267. The van der Waals surface area contributed by atoms with E-state index in [1.807, 2.05) is 13.8 Å². The van der Waals surface area contributed by atoms with Gasteiger partial charge in [0.2, 0.25) is 0 Å². The van der Waals surface area contributed by atoms with Crippen LogP contribution in [0.2, 0.25) is 0 Å². The molecule has 0 spiro atoms. The lowest BCUT2D eigenvalue weighted by Gasteiger charge is -2.23. The summed E-state index contributed by atoms with van der Waals surface area (Å²) in [6.45, 7) is 10.2. The molecule has 0 aliphatic carbocycles. The van der Waals surface area contributed by atoms with Gasteiger partial charge in [0, 0.05) is 0 Å². The number of ether oxygens (including phenoxy) is 1. The Balaban J connectivity index is 2.78. The lowest BCUT2D eigenvalue weighted by atomic mass is 9.87. The van der Waals surface area contributed by atoms with E-state index in [2.05, 4.69) is 20.8 Å². The van der Waals surface area contributed by atoms with E-state index in [1.165, 1.54) is 0 Å². The molecule has 1 rings (SSSR count). The Morgan fingerprint density at radius 3 is 1.50 bits per heavy atom. The molecule has 1 nitrogen and oxygen atoms in total. The average molecular weight is 163 g/mol. The van der Waals surface area contributed by atoms with Gasteiger partial charge < -0.3 is 4.74 Å². The molecule has 0 amide bonds. The fourth-order valence-corrected chi connectivity index (χ4v) is 1.59. The van der Waals surface area contributed by atoms with Crippen molar-refractivity contribution in [1.29, 1.82) is 0 Å². The maximum Gasteiger partial charge on any atom is 0.113 e. The van der Waals surface area contributed by atoms with Crippen LogP contribution in [-0.4, -0.2) is 16.1 Å².